The fraction of sp³-hybridized carbons (Fsp3) is 0.364. The Kier molecular flexibility index (Phi) is 3.02. The Morgan fingerprint density at radius 1 is 1.41 bits per heavy atom. The van der Waals surface area contributed by atoms with Crippen molar-refractivity contribution in [1.29, 1.82) is 0 Å². The van der Waals surface area contributed by atoms with Gasteiger partial charge in [-0.15, -0.1) is 0 Å². The molecule has 2 aromatic rings. The molecule has 0 aromatic carbocycles. The molecule has 0 aliphatic carbocycles. The van der Waals surface area contributed by atoms with Gasteiger partial charge in [0.1, 0.15) is 0 Å². The van der Waals surface area contributed by atoms with Crippen LogP contribution in [0.25, 0.3) is 0 Å². The van der Waals surface area contributed by atoms with Gasteiger partial charge in [0, 0.05) is 12.7 Å². The van der Waals surface area contributed by atoms with Crippen LogP contribution in [0.4, 0.5) is 0 Å². The second kappa shape index (κ2) is 4.33. The van der Waals surface area contributed by atoms with E-state index in [0.29, 0.717) is 22.1 Å². The molecule has 0 aliphatic heterocycles. The van der Waals surface area contributed by atoms with E-state index in [1.807, 2.05) is 6.92 Å². The topological polar surface area (TPSA) is 52.7 Å². The Hall–Kier alpha value is -1.62. The normalized spacial score (nSPS) is 10.8. The standard InChI is InChI=1S/C11H13ClN4O/c1-4-15-6-5-9(14-15)11(17)16-8(3)10(12)7(2)13-16/h5-6H,4H2,1-3H3. The zero-order chi connectivity index (χ0) is 12.6. The maximum Gasteiger partial charge on any atom is 0.298 e. The highest BCUT2D eigenvalue weighted by atomic mass is 35.5. The summed E-state index contributed by atoms with van der Waals surface area (Å²) in [6.07, 6.45) is 1.76. The van der Waals surface area contributed by atoms with Gasteiger partial charge in [-0.05, 0) is 26.8 Å². The van der Waals surface area contributed by atoms with Crippen LogP contribution in [0.15, 0.2) is 12.3 Å². The molecule has 90 valence electrons. The molecule has 0 saturated heterocycles. The summed E-state index contributed by atoms with van der Waals surface area (Å²) in [6, 6.07) is 1.68. The summed E-state index contributed by atoms with van der Waals surface area (Å²) < 4.78 is 2.99. The van der Waals surface area contributed by atoms with E-state index in [1.54, 1.807) is 30.8 Å². The smallest absolute Gasteiger partial charge is 0.272 e. The molecule has 0 saturated carbocycles. The molecule has 0 atom stereocenters. The highest BCUT2D eigenvalue weighted by Crippen LogP contribution is 2.19. The lowest BCUT2D eigenvalue weighted by Crippen LogP contribution is -2.16. The molecule has 17 heavy (non-hydrogen) atoms. The summed E-state index contributed by atoms with van der Waals surface area (Å²) >= 11 is 6.00. The number of nitrogens with zero attached hydrogens (tertiary/aromatic N) is 4. The number of aromatic nitrogens is 4. The quantitative estimate of drug-likeness (QED) is 0.822. The fourth-order valence-corrected chi connectivity index (χ4v) is 1.70. The molecule has 2 heterocycles. The molecule has 0 fully saturated rings. The summed E-state index contributed by atoms with van der Waals surface area (Å²) in [4.78, 5) is 12.1. The zero-order valence-corrected chi connectivity index (χ0v) is 10.7. The van der Waals surface area contributed by atoms with Crippen LogP contribution in [0.3, 0.4) is 0 Å². The summed E-state index contributed by atoms with van der Waals surface area (Å²) in [6.45, 7) is 6.22. The predicted molar refractivity (Wildman–Crippen MR) is 64.3 cm³/mol. The van der Waals surface area contributed by atoms with Crippen molar-refractivity contribution in [1.82, 2.24) is 19.6 Å². The van der Waals surface area contributed by atoms with Crippen molar-refractivity contribution in [2.45, 2.75) is 27.3 Å². The van der Waals surface area contributed by atoms with Crippen molar-refractivity contribution in [2.24, 2.45) is 0 Å². The molecule has 5 nitrogen and oxygen atoms in total. The van der Waals surface area contributed by atoms with Gasteiger partial charge < -0.3 is 0 Å². The molecule has 2 rings (SSSR count). The van der Waals surface area contributed by atoms with E-state index in [4.69, 9.17) is 11.6 Å². The summed E-state index contributed by atoms with van der Waals surface area (Å²) in [7, 11) is 0. The maximum absolute atomic E-state index is 12.1. The monoisotopic (exact) mass is 252 g/mol. The van der Waals surface area contributed by atoms with Gasteiger partial charge in [-0.1, -0.05) is 11.6 Å². The molecular formula is C11H13ClN4O. The number of hydrogen-bond donors (Lipinski definition) is 0. The number of aryl methyl sites for hydroxylation is 2. The van der Waals surface area contributed by atoms with Crippen molar-refractivity contribution in [2.75, 3.05) is 0 Å². The zero-order valence-electron chi connectivity index (χ0n) is 9.94. The van der Waals surface area contributed by atoms with Crippen molar-refractivity contribution in [3.63, 3.8) is 0 Å². The average Bonchev–Trinajstić information content (AvgIpc) is 2.89. The van der Waals surface area contributed by atoms with E-state index in [0.717, 1.165) is 6.54 Å². The van der Waals surface area contributed by atoms with Crippen LogP contribution >= 0.6 is 11.6 Å². The maximum atomic E-state index is 12.1. The van der Waals surface area contributed by atoms with Crippen LogP contribution in [-0.2, 0) is 6.54 Å². The van der Waals surface area contributed by atoms with E-state index in [-0.39, 0.29) is 5.91 Å². The highest BCUT2D eigenvalue weighted by molar-refractivity contribution is 6.32. The van der Waals surface area contributed by atoms with Crippen LogP contribution in [0, 0.1) is 13.8 Å². The number of hydrogen-bond acceptors (Lipinski definition) is 3. The van der Waals surface area contributed by atoms with Gasteiger partial charge in [0.25, 0.3) is 5.91 Å². The second-order valence-corrected chi connectivity index (χ2v) is 4.14. The lowest BCUT2D eigenvalue weighted by atomic mass is 10.3. The Balaban J connectivity index is 2.40. The Morgan fingerprint density at radius 3 is 2.59 bits per heavy atom. The van der Waals surface area contributed by atoms with Gasteiger partial charge in [0.05, 0.1) is 16.4 Å². The lowest BCUT2D eigenvalue weighted by molar-refractivity contribution is 0.0936. The minimum atomic E-state index is -0.260. The van der Waals surface area contributed by atoms with Crippen molar-refractivity contribution in [3.05, 3.63) is 34.4 Å². The van der Waals surface area contributed by atoms with E-state index in [9.17, 15) is 4.79 Å². The van der Waals surface area contributed by atoms with Crippen LogP contribution < -0.4 is 0 Å². The number of carbonyl (C=O) groups is 1. The van der Waals surface area contributed by atoms with Gasteiger partial charge >= 0.3 is 0 Å². The Labute approximate surface area is 104 Å². The van der Waals surface area contributed by atoms with E-state index < -0.39 is 0 Å². The third-order valence-corrected chi connectivity index (χ3v) is 3.13. The van der Waals surface area contributed by atoms with Gasteiger partial charge in [0.2, 0.25) is 0 Å². The summed E-state index contributed by atoms with van der Waals surface area (Å²) in [5.74, 6) is -0.260. The first-order valence-electron chi connectivity index (χ1n) is 5.34. The molecular weight excluding hydrogens is 240 g/mol. The Morgan fingerprint density at radius 2 is 2.12 bits per heavy atom. The Bertz CT molecular complexity index is 570. The van der Waals surface area contributed by atoms with E-state index in [2.05, 4.69) is 10.2 Å². The van der Waals surface area contributed by atoms with Gasteiger partial charge in [-0.3, -0.25) is 9.48 Å². The van der Waals surface area contributed by atoms with Crippen LogP contribution in [-0.4, -0.2) is 25.5 Å². The predicted octanol–water partition coefficient (Wildman–Crippen LogP) is 2.06. The fourth-order valence-electron chi connectivity index (χ4n) is 1.58. The molecule has 0 aliphatic rings. The second-order valence-electron chi connectivity index (χ2n) is 3.76. The summed E-state index contributed by atoms with van der Waals surface area (Å²) in [5.41, 5.74) is 1.65. The highest BCUT2D eigenvalue weighted by Gasteiger charge is 2.18. The van der Waals surface area contributed by atoms with E-state index >= 15 is 0 Å². The molecule has 2 aromatic heterocycles. The average molecular weight is 253 g/mol. The van der Waals surface area contributed by atoms with Gasteiger partial charge in [-0.25, -0.2) is 0 Å². The van der Waals surface area contributed by atoms with E-state index in [1.165, 1.54) is 4.68 Å². The first kappa shape index (κ1) is 11.9. The largest absolute Gasteiger partial charge is 0.298 e. The van der Waals surface area contributed by atoms with Gasteiger partial charge in [-0.2, -0.15) is 14.9 Å². The van der Waals surface area contributed by atoms with Crippen LogP contribution in [0.1, 0.15) is 28.8 Å². The van der Waals surface area contributed by atoms with Crippen LogP contribution in [0.2, 0.25) is 5.02 Å². The van der Waals surface area contributed by atoms with Crippen molar-refractivity contribution >= 4 is 17.5 Å². The summed E-state index contributed by atoms with van der Waals surface area (Å²) in [5, 5.41) is 8.78. The SMILES string of the molecule is CCn1ccc(C(=O)n2nc(C)c(Cl)c2C)n1. The first-order valence-corrected chi connectivity index (χ1v) is 5.72. The number of carbonyl (C=O) groups excluding carboxylic acids is 1. The van der Waals surface area contributed by atoms with Gasteiger partial charge in [0.15, 0.2) is 5.69 Å². The molecule has 0 radical (unpaired) electrons. The lowest BCUT2D eigenvalue weighted by Gasteiger charge is -1.99. The molecule has 0 amide bonds. The number of halogens is 1. The third kappa shape index (κ3) is 1.98. The minimum absolute atomic E-state index is 0.260. The van der Waals surface area contributed by atoms with Crippen LogP contribution in [0.5, 0.6) is 0 Å². The molecule has 0 spiro atoms. The number of rotatable bonds is 2. The molecule has 0 bridgehead atoms. The van der Waals surface area contributed by atoms with Crippen molar-refractivity contribution in [3.8, 4) is 0 Å². The minimum Gasteiger partial charge on any atom is -0.272 e. The van der Waals surface area contributed by atoms with Crippen molar-refractivity contribution < 1.29 is 4.79 Å². The molecule has 0 unspecified atom stereocenters. The third-order valence-electron chi connectivity index (χ3n) is 2.58. The molecule has 0 N–H and O–H groups in total. The first-order chi connectivity index (χ1) is 8.04. The molecule has 6 heteroatoms.